The van der Waals surface area contributed by atoms with Crippen molar-refractivity contribution in [3.05, 3.63) is 88.9 Å². The molecule has 0 saturated heterocycles. The minimum Gasteiger partial charge on any atom is -0.375 e. The third-order valence-electron chi connectivity index (χ3n) is 5.11. The van der Waals surface area contributed by atoms with Crippen molar-refractivity contribution in [3.8, 4) is 0 Å². The van der Waals surface area contributed by atoms with E-state index >= 15 is 0 Å². The van der Waals surface area contributed by atoms with Gasteiger partial charge < -0.3 is 10.0 Å². The van der Waals surface area contributed by atoms with Gasteiger partial charge >= 0.3 is 0 Å². The lowest BCUT2D eigenvalue weighted by Crippen LogP contribution is -2.42. The van der Waals surface area contributed by atoms with E-state index in [1.165, 1.54) is 4.90 Å². The average Bonchev–Trinajstić information content (AvgIpc) is 2.89. The fourth-order valence-electron chi connectivity index (χ4n) is 3.80. The highest BCUT2D eigenvalue weighted by Crippen LogP contribution is 2.44. The van der Waals surface area contributed by atoms with Crippen LogP contribution >= 0.6 is 15.9 Å². The number of hydrogen-bond acceptors (Lipinski definition) is 3. The fourth-order valence-corrected chi connectivity index (χ4v) is 4.16. The molecular formula is C23H18BrNO3. The molecule has 4 rings (SSSR count). The molecule has 0 radical (unpaired) electrons. The minimum atomic E-state index is -1.91. The van der Waals surface area contributed by atoms with E-state index in [9.17, 15) is 14.7 Å². The molecule has 0 fully saturated rings. The van der Waals surface area contributed by atoms with Gasteiger partial charge in [-0.15, -0.1) is 6.58 Å². The number of fused-ring (bicyclic) bond motifs is 2. The van der Waals surface area contributed by atoms with Crippen molar-refractivity contribution in [1.29, 1.82) is 0 Å². The van der Waals surface area contributed by atoms with Crippen LogP contribution in [0.25, 0.3) is 10.8 Å². The van der Waals surface area contributed by atoms with Gasteiger partial charge in [-0.25, -0.2) is 0 Å². The Morgan fingerprint density at radius 3 is 2.68 bits per heavy atom. The van der Waals surface area contributed by atoms with Gasteiger partial charge in [0.2, 0.25) is 0 Å². The molecule has 5 heteroatoms. The highest BCUT2D eigenvalue weighted by Gasteiger charge is 2.50. The Morgan fingerprint density at radius 2 is 1.89 bits per heavy atom. The van der Waals surface area contributed by atoms with Gasteiger partial charge in [0.25, 0.3) is 5.91 Å². The second-order valence-electron chi connectivity index (χ2n) is 6.85. The van der Waals surface area contributed by atoms with Gasteiger partial charge in [0, 0.05) is 22.1 Å². The summed E-state index contributed by atoms with van der Waals surface area (Å²) in [5.41, 5.74) is -0.377. The SMILES string of the molecule is C=CCN1C(=O)[C@](O)(CC(=O)c2cccc3ccccc23)c2cc(Br)ccc21. The summed E-state index contributed by atoms with van der Waals surface area (Å²) in [6.45, 7) is 3.95. The number of carbonyl (C=O) groups is 2. The minimum absolute atomic E-state index is 0.262. The van der Waals surface area contributed by atoms with Crippen LogP contribution in [0, 0.1) is 0 Å². The van der Waals surface area contributed by atoms with Crippen molar-refractivity contribution in [3.63, 3.8) is 0 Å². The quantitative estimate of drug-likeness (QED) is 0.470. The summed E-state index contributed by atoms with van der Waals surface area (Å²) in [7, 11) is 0. The Hall–Kier alpha value is -2.76. The molecule has 0 saturated carbocycles. The largest absolute Gasteiger partial charge is 0.375 e. The van der Waals surface area contributed by atoms with Crippen molar-refractivity contribution < 1.29 is 14.7 Å². The molecule has 0 aromatic heterocycles. The zero-order valence-electron chi connectivity index (χ0n) is 15.1. The number of hydrogen-bond donors (Lipinski definition) is 1. The van der Waals surface area contributed by atoms with Crippen LogP contribution in [0.1, 0.15) is 22.3 Å². The number of Topliss-reactive ketones (excluding diaryl/α,β-unsaturated/α-hetero) is 1. The molecule has 1 atom stereocenters. The number of aliphatic hydroxyl groups is 1. The number of halogens is 1. The molecule has 0 bridgehead atoms. The first-order valence-corrected chi connectivity index (χ1v) is 9.71. The second-order valence-corrected chi connectivity index (χ2v) is 7.77. The van der Waals surface area contributed by atoms with Crippen LogP contribution in [-0.2, 0) is 10.4 Å². The molecule has 4 nitrogen and oxygen atoms in total. The first-order valence-electron chi connectivity index (χ1n) is 8.92. The Bertz CT molecular complexity index is 1120. The Balaban J connectivity index is 1.78. The lowest BCUT2D eigenvalue weighted by atomic mass is 9.87. The van der Waals surface area contributed by atoms with E-state index in [0.717, 1.165) is 15.2 Å². The van der Waals surface area contributed by atoms with E-state index < -0.39 is 11.5 Å². The number of ketones is 1. The maximum Gasteiger partial charge on any atom is 0.264 e. The van der Waals surface area contributed by atoms with Crippen molar-refractivity contribution in [2.24, 2.45) is 0 Å². The summed E-state index contributed by atoms with van der Waals surface area (Å²) in [5.74, 6) is -0.784. The van der Waals surface area contributed by atoms with Gasteiger partial charge in [-0.05, 0) is 29.0 Å². The Kier molecular flexibility index (Phi) is 4.65. The zero-order chi connectivity index (χ0) is 19.9. The highest BCUT2D eigenvalue weighted by molar-refractivity contribution is 9.10. The monoisotopic (exact) mass is 435 g/mol. The maximum absolute atomic E-state index is 13.2. The van der Waals surface area contributed by atoms with Gasteiger partial charge in [0.15, 0.2) is 11.4 Å². The summed E-state index contributed by atoms with van der Waals surface area (Å²) in [4.78, 5) is 27.7. The molecule has 1 N–H and O–H groups in total. The molecule has 0 spiro atoms. The molecule has 3 aromatic rings. The summed E-state index contributed by atoms with van der Waals surface area (Å²) in [6.07, 6.45) is 1.28. The van der Waals surface area contributed by atoms with Gasteiger partial charge in [-0.2, -0.15) is 0 Å². The first-order chi connectivity index (χ1) is 13.5. The van der Waals surface area contributed by atoms with Crippen molar-refractivity contribution >= 4 is 44.1 Å². The predicted molar refractivity (Wildman–Crippen MR) is 113 cm³/mol. The van der Waals surface area contributed by atoms with E-state index in [0.29, 0.717) is 16.8 Å². The molecule has 1 aliphatic heterocycles. The number of carbonyl (C=O) groups excluding carboxylic acids is 2. The number of rotatable bonds is 5. The van der Waals surface area contributed by atoms with Crippen LogP contribution in [0.4, 0.5) is 5.69 Å². The summed E-state index contributed by atoms with van der Waals surface area (Å²) in [5, 5.41) is 13.1. The zero-order valence-corrected chi connectivity index (χ0v) is 16.6. The third kappa shape index (κ3) is 2.87. The number of benzene rings is 3. The van der Waals surface area contributed by atoms with E-state index in [1.807, 2.05) is 36.4 Å². The Labute approximate surface area is 171 Å². The molecule has 140 valence electrons. The molecule has 0 unspecified atom stereocenters. The number of amides is 1. The average molecular weight is 436 g/mol. The van der Waals surface area contributed by atoms with E-state index in [1.54, 1.807) is 30.3 Å². The van der Waals surface area contributed by atoms with Crippen LogP contribution in [0.2, 0.25) is 0 Å². The molecule has 28 heavy (non-hydrogen) atoms. The highest BCUT2D eigenvalue weighted by atomic mass is 79.9. The van der Waals surface area contributed by atoms with Crippen molar-refractivity contribution in [1.82, 2.24) is 0 Å². The maximum atomic E-state index is 13.2. The molecule has 3 aromatic carbocycles. The van der Waals surface area contributed by atoms with Crippen molar-refractivity contribution in [2.75, 3.05) is 11.4 Å². The second kappa shape index (κ2) is 7.00. The smallest absolute Gasteiger partial charge is 0.264 e. The topological polar surface area (TPSA) is 57.6 Å². The normalized spacial score (nSPS) is 18.4. The van der Waals surface area contributed by atoms with E-state index in [-0.39, 0.29) is 18.7 Å². The molecule has 1 aliphatic rings. The molecule has 0 aliphatic carbocycles. The summed E-state index contributed by atoms with van der Waals surface area (Å²) in [6, 6.07) is 18.3. The number of nitrogens with zero attached hydrogens (tertiary/aromatic N) is 1. The fraction of sp³-hybridized carbons (Fsp3) is 0.130. The van der Waals surface area contributed by atoms with Crippen LogP contribution < -0.4 is 4.90 Å². The van der Waals surface area contributed by atoms with Crippen molar-refractivity contribution in [2.45, 2.75) is 12.0 Å². The predicted octanol–water partition coefficient (Wildman–Crippen LogP) is 4.60. The number of anilines is 1. The van der Waals surface area contributed by atoms with Gasteiger partial charge in [0.1, 0.15) is 0 Å². The van der Waals surface area contributed by atoms with Gasteiger partial charge in [-0.3, -0.25) is 9.59 Å². The molecular weight excluding hydrogens is 418 g/mol. The van der Waals surface area contributed by atoms with Crippen LogP contribution in [0.5, 0.6) is 0 Å². The molecule has 1 amide bonds. The van der Waals surface area contributed by atoms with E-state index in [2.05, 4.69) is 22.5 Å². The summed E-state index contributed by atoms with van der Waals surface area (Å²) >= 11 is 3.39. The third-order valence-corrected chi connectivity index (χ3v) is 5.61. The Morgan fingerprint density at radius 1 is 1.14 bits per heavy atom. The van der Waals surface area contributed by atoms with Gasteiger partial charge in [0.05, 0.1) is 12.1 Å². The molecule has 1 heterocycles. The standard InChI is InChI=1S/C23H18BrNO3/c1-2-12-25-20-11-10-16(24)13-19(20)23(28,22(25)27)14-21(26)18-9-5-7-15-6-3-4-8-17(15)18/h2-11,13,28H,1,12,14H2/t23-/m0/s1. The first kappa shape index (κ1) is 18.6. The lowest BCUT2D eigenvalue weighted by Gasteiger charge is -2.22. The van der Waals surface area contributed by atoms with E-state index in [4.69, 9.17) is 0 Å². The summed E-state index contributed by atoms with van der Waals surface area (Å²) < 4.78 is 0.732. The van der Waals surface area contributed by atoms with Crippen LogP contribution in [-0.4, -0.2) is 23.3 Å². The van der Waals surface area contributed by atoms with Crippen LogP contribution in [0.15, 0.2) is 77.8 Å². The lowest BCUT2D eigenvalue weighted by molar-refractivity contribution is -0.135. The van der Waals surface area contributed by atoms with Gasteiger partial charge in [-0.1, -0.05) is 64.5 Å². The van der Waals surface area contributed by atoms with Crippen LogP contribution in [0.3, 0.4) is 0 Å².